The van der Waals surface area contributed by atoms with Crippen LogP contribution in [-0.2, 0) is 14.8 Å². The summed E-state index contributed by atoms with van der Waals surface area (Å²) in [4.78, 5) is 16.0. The summed E-state index contributed by atoms with van der Waals surface area (Å²) >= 11 is 12.6. The maximum Gasteiger partial charge on any atom is 0.278 e. The van der Waals surface area contributed by atoms with E-state index in [4.69, 9.17) is 23.2 Å². The second kappa shape index (κ2) is 5.92. The number of fused-ring (bicyclic) bond motifs is 1. The average Bonchev–Trinajstić information content (AvgIpc) is 2.83. The molecule has 1 amide bonds. The van der Waals surface area contributed by atoms with Crippen molar-refractivity contribution in [2.75, 3.05) is 12.4 Å². The van der Waals surface area contributed by atoms with Crippen molar-refractivity contribution in [1.82, 2.24) is 9.29 Å². The summed E-state index contributed by atoms with van der Waals surface area (Å²) in [5.74, 6) is -1.14. The van der Waals surface area contributed by atoms with Gasteiger partial charge >= 0.3 is 0 Å². The number of thiophene rings is 1. The Kier molecular flexibility index (Phi) is 4.20. The first-order valence-corrected chi connectivity index (χ1v) is 9.39. The van der Waals surface area contributed by atoms with Gasteiger partial charge in [0.2, 0.25) is 0 Å². The number of aromatic nitrogens is 1. The standard InChI is InChI=1S/C13H9Cl2N3O4S2/c1-18-8(13(20)17-6-4-2-3-5-16-6)9(19)10-11(24(18,21)22)7(14)12(15)23-10/h2-5,19H,1H3,(H,16,17,20). The van der Waals surface area contributed by atoms with Crippen molar-refractivity contribution in [1.29, 1.82) is 0 Å². The molecule has 3 heterocycles. The molecule has 11 heteroatoms. The van der Waals surface area contributed by atoms with Crippen LogP contribution in [0.5, 0.6) is 0 Å². The van der Waals surface area contributed by atoms with Crippen molar-refractivity contribution < 1.29 is 18.3 Å². The topological polar surface area (TPSA) is 99.6 Å². The molecule has 0 atom stereocenters. The number of hydrogen-bond acceptors (Lipinski definition) is 6. The highest BCUT2D eigenvalue weighted by atomic mass is 35.5. The van der Waals surface area contributed by atoms with Gasteiger partial charge in [-0.2, -0.15) is 0 Å². The van der Waals surface area contributed by atoms with E-state index in [2.05, 4.69) is 10.3 Å². The number of rotatable bonds is 2. The molecule has 7 nitrogen and oxygen atoms in total. The van der Waals surface area contributed by atoms with Crippen molar-refractivity contribution in [2.45, 2.75) is 4.90 Å². The minimum Gasteiger partial charge on any atom is -0.504 e. The van der Waals surface area contributed by atoms with E-state index in [-0.39, 0.29) is 24.9 Å². The highest BCUT2D eigenvalue weighted by Crippen LogP contribution is 2.47. The van der Waals surface area contributed by atoms with Crippen LogP contribution in [0.2, 0.25) is 9.36 Å². The quantitative estimate of drug-likeness (QED) is 0.799. The third kappa shape index (κ3) is 2.53. The van der Waals surface area contributed by atoms with Gasteiger partial charge in [-0.1, -0.05) is 29.3 Å². The van der Waals surface area contributed by atoms with Gasteiger partial charge in [-0.15, -0.1) is 11.3 Å². The van der Waals surface area contributed by atoms with Gasteiger partial charge in [0.1, 0.15) is 15.0 Å². The molecule has 2 aromatic rings. The molecule has 2 aromatic heterocycles. The molecule has 126 valence electrons. The fourth-order valence-electron chi connectivity index (χ4n) is 2.13. The molecular formula is C13H9Cl2N3O4S2. The molecule has 0 fully saturated rings. The van der Waals surface area contributed by atoms with Crippen LogP contribution in [0.3, 0.4) is 0 Å². The predicted molar refractivity (Wildman–Crippen MR) is 91.7 cm³/mol. The number of sulfonamides is 1. The Hall–Kier alpha value is -1.81. The van der Waals surface area contributed by atoms with Crippen LogP contribution in [0, 0.1) is 0 Å². The van der Waals surface area contributed by atoms with Crippen molar-refractivity contribution in [3.63, 3.8) is 0 Å². The van der Waals surface area contributed by atoms with Crippen LogP contribution in [0.25, 0.3) is 5.76 Å². The molecule has 2 N–H and O–H groups in total. The zero-order valence-electron chi connectivity index (χ0n) is 11.9. The number of anilines is 1. The molecule has 0 radical (unpaired) electrons. The fourth-order valence-corrected chi connectivity index (χ4v) is 5.68. The Balaban J connectivity index is 2.13. The Bertz CT molecular complexity index is 971. The van der Waals surface area contributed by atoms with Gasteiger partial charge in [-0.05, 0) is 12.1 Å². The van der Waals surface area contributed by atoms with E-state index in [0.29, 0.717) is 4.31 Å². The smallest absolute Gasteiger partial charge is 0.278 e. The van der Waals surface area contributed by atoms with Crippen molar-refractivity contribution in [3.8, 4) is 0 Å². The van der Waals surface area contributed by atoms with E-state index < -0.39 is 27.4 Å². The molecule has 0 spiro atoms. The van der Waals surface area contributed by atoms with Gasteiger partial charge in [-0.3, -0.25) is 9.10 Å². The number of likely N-dealkylation sites (N-methyl/N-ethyl adjacent to an activating group) is 1. The second-order valence-corrected chi connectivity index (χ2v) is 8.59. The summed E-state index contributed by atoms with van der Waals surface area (Å²) in [6, 6.07) is 4.83. The SMILES string of the molecule is CN1C(C(=O)Nc2ccccn2)=C(O)c2sc(Cl)c(Cl)c2S1(=O)=O. The van der Waals surface area contributed by atoms with Gasteiger partial charge in [-0.25, -0.2) is 13.4 Å². The van der Waals surface area contributed by atoms with Crippen LogP contribution < -0.4 is 5.32 Å². The van der Waals surface area contributed by atoms with E-state index >= 15 is 0 Å². The number of aliphatic hydroxyl groups excluding tert-OH is 1. The van der Waals surface area contributed by atoms with Crippen LogP contribution in [-0.4, -0.2) is 35.8 Å². The molecular weight excluding hydrogens is 397 g/mol. The Morgan fingerprint density at radius 1 is 1.38 bits per heavy atom. The van der Waals surface area contributed by atoms with Gasteiger partial charge in [0.25, 0.3) is 15.9 Å². The van der Waals surface area contributed by atoms with Crippen LogP contribution >= 0.6 is 34.5 Å². The third-order valence-electron chi connectivity index (χ3n) is 3.26. The number of amides is 1. The molecule has 0 saturated carbocycles. The minimum absolute atomic E-state index is 0.0107. The molecule has 0 saturated heterocycles. The number of nitrogens with one attached hydrogen (secondary N) is 1. The largest absolute Gasteiger partial charge is 0.504 e. The van der Waals surface area contributed by atoms with Gasteiger partial charge in [0.05, 0.1) is 9.90 Å². The van der Waals surface area contributed by atoms with E-state index in [1.54, 1.807) is 12.1 Å². The lowest BCUT2D eigenvalue weighted by Gasteiger charge is -2.26. The molecule has 0 aromatic carbocycles. The number of pyridine rings is 1. The average molecular weight is 406 g/mol. The lowest BCUT2D eigenvalue weighted by molar-refractivity contribution is -0.113. The molecule has 0 bridgehead atoms. The summed E-state index contributed by atoms with van der Waals surface area (Å²) in [5.41, 5.74) is -0.442. The van der Waals surface area contributed by atoms with E-state index in [1.807, 2.05) is 0 Å². The summed E-state index contributed by atoms with van der Waals surface area (Å²) in [6.45, 7) is 0. The first kappa shape index (κ1) is 17.0. The maximum atomic E-state index is 12.6. The summed E-state index contributed by atoms with van der Waals surface area (Å²) < 4.78 is 25.9. The van der Waals surface area contributed by atoms with Crippen LogP contribution in [0.1, 0.15) is 4.88 Å². The third-order valence-corrected chi connectivity index (χ3v) is 7.33. The molecule has 0 aliphatic carbocycles. The van der Waals surface area contributed by atoms with Crippen LogP contribution in [0.4, 0.5) is 5.82 Å². The zero-order chi connectivity index (χ0) is 17.6. The van der Waals surface area contributed by atoms with Gasteiger partial charge in [0, 0.05) is 13.2 Å². The summed E-state index contributed by atoms with van der Waals surface area (Å²) in [5, 5.41) is 12.6. The maximum absolute atomic E-state index is 12.6. The van der Waals surface area contributed by atoms with Crippen molar-refractivity contribution in [3.05, 3.63) is 44.3 Å². The Morgan fingerprint density at radius 2 is 2.08 bits per heavy atom. The Labute approximate surface area is 151 Å². The van der Waals surface area contributed by atoms with Gasteiger partial charge < -0.3 is 10.4 Å². The highest BCUT2D eigenvalue weighted by Gasteiger charge is 2.42. The zero-order valence-corrected chi connectivity index (χ0v) is 15.1. The lowest BCUT2D eigenvalue weighted by Crippen LogP contribution is -2.36. The highest BCUT2D eigenvalue weighted by molar-refractivity contribution is 7.89. The van der Waals surface area contributed by atoms with Gasteiger partial charge in [0.15, 0.2) is 11.5 Å². The normalized spacial score (nSPS) is 16.0. The number of hydrogen-bond donors (Lipinski definition) is 2. The van der Waals surface area contributed by atoms with E-state index in [1.165, 1.54) is 12.3 Å². The molecule has 1 aliphatic rings. The summed E-state index contributed by atoms with van der Waals surface area (Å²) in [6.07, 6.45) is 1.46. The molecule has 1 aliphatic heterocycles. The van der Waals surface area contributed by atoms with Crippen LogP contribution in [0.15, 0.2) is 35.0 Å². The number of aliphatic hydroxyl groups is 1. The first-order chi connectivity index (χ1) is 11.2. The molecule has 24 heavy (non-hydrogen) atoms. The minimum atomic E-state index is -4.12. The monoisotopic (exact) mass is 405 g/mol. The predicted octanol–water partition coefficient (Wildman–Crippen LogP) is 2.95. The second-order valence-electron chi connectivity index (χ2n) is 4.69. The molecule has 3 rings (SSSR count). The number of carbonyl (C=O) groups excluding carboxylic acids is 1. The summed E-state index contributed by atoms with van der Waals surface area (Å²) in [7, 11) is -2.98. The number of nitrogens with zero attached hydrogens (tertiary/aromatic N) is 2. The van der Waals surface area contributed by atoms with Crippen molar-refractivity contribution in [2.24, 2.45) is 0 Å². The number of halogens is 2. The first-order valence-electron chi connectivity index (χ1n) is 6.38. The molecule has 0 unspecified atom stereocenters. The Morgan fingerprint density at radius 3 is 2.71 bits per heavy atom. The number of carbonyl (C=O) groups is 1. The van der Waals surface area contributed by atoms with Crippen molar-refractivity contribution >= 4 is 62.0 Å². The fraction of sp³-hybridized carbons (Fsp3) is 0.0769. The lowest BCUT2D eigenvalue weighted by atomic mass is 10.2. The van der Waals surface area contributed by atoms with E-state index in [0.717, 1.165) is 18.4 Å². The van der Waals surface area contributed by atoms with E-state index in [9.17, 15) is 18.3 Å².